The zero-order valence-corrected chi connectivity index (χ0v) is 13.3. The van der Waals surface area contributed by atoms with Gasteiger partial charge in [-0.05, 0) is 38.1 Å². The lowest BCUT2D eigenvalue weighted by atomic mass is 10.3. The lowest BCUT2D eigenvalue weighted by molar-refractivity contribution is 0.200. The second-order valence-electron chi connectivity index (χ2n) is 4.37. The van der Waals surface area contributed by atoms with E-state index in [-0.39, 0.29) is 6.10 Å². The largest absolute Gasteiger partial charge is 0.392 e. The second-order valence-corrected chi connectivity index (χ2v) is 7.19. The normalized spacial score (nSPS) is 12.6. The lowest BCUT2D eigenvalue weighted by Crippen LogP contribution is -2.13. The van der Waals surface area contributed by atoms with E-state index >= 15 is 0 Å². The molecular formula is C14H16ClNOS2. The molecule has 0 amide bonds. The summed E-state index contributed by atoms with van der Waals surface area (Å²) in [5.41, 5.74) is 1.07. The first kappa shape index (κ1) is 14.9. The second kappa shape index (κ2) is 6.75. The van der Waals surface area contributed by atoms with Crippen molar-refractivity contribution >= 4 is 34.7 Å². The lowest BCUT2D eigenvalue weighted by Gasteiger charge is -2.08. The predicted octanol–water partition coefficient (Wildman–Crippen LogP) is 4.11. The molecule has 5 heteroatoms. The molecule has 0 fully saturated rings. The standard InChI is InChI=1S/C14H16ClNOS2/c1-9-10(2)19-14(16-9)7-12(17)8-18-13-5-3-11(15)4-6-13/h3-6,12,17H,7-8H2,1-2H3. The average molecular weight is 314 g/mol. The maximum atomic E-state index is 10.0. The van der Waals surface area contributed by atoms with E-state index in [2.05, 4.69) is 11.9 Å². The zero-order valence-electron chi connectivity index (χ0n) is 10.9. The highest BCUT2D eigenvalue weighted by Crippen LogP contribution is 2.23. The van der Waals surface area contributed by atoms with Gasteiger partial charge < -0.3 is 5.11 Å². The molecule has 2 aromatic rings. The van der Waals surface area contributed by atoms with Crippen molar-refractivity contribution in [2.45, 2.75) is 31.3 Å². The summed E-state index contributed by atoms with van der Waals surface area (Å²) in [4.78, 5) is 6.80. The molecule has 2 rings (SSSR count). The molecule has 0 radical (unpaired) electrons. The fourth-order valence-electron chi connectivity index (χ4n) is 1.61. The Bertz CT molecular complexity index is 519. The van der Waals surface area contributed by atoms with Gasteiger partial charge >= 0.3 is 0 Å². The molecule has 0 spiro atoms. The number of aliphatic hydroxyl groups excluding tert-OH is 1. The molecule has 1 N–H and O–H groups in total. The molecule has 19 heavy (non-hydrogen) atoms. The minimum absolute atomic E-state index is 0.370. The maximum Gasteiger partial charge on any atom is 0.0956 e. The fraction of sp³-hybridized carbons (Fsp3) is 0.357. The summed E-state index contributed by atoms with van der Waals surface area (Å²) in [6.07, 6.45) is 0.255. The number of thiazole rings is 1. The molecule has 1 aromatic heterocycles. The van der Waals surface area contributed by atoms with Crippen LogP contribution in [0.4, 0.5) is 0 Å². The molecule has 1 heterocycles. The van der Waals surface area contributed by atoms with Crippen molar-refractivity contribution in [3.63, 3.8) is 0 Å². The van der Waals surface area contributed by atoms with Crippen molar-refractivity contribution in [1.82, 2.24) is 4.98 Å². The van der Waals surface area contributed by atoms with Gasteiger partial charge in [0.05, 0.1) is 16.8 Å². The van der Waals surface area contributed by atoms with Crippen LogP contribution in [0, 0.1) is 13.8 Å². The van der Waals surface area contributed by atoms with E-state index in [9.17, 15) is 5.11 Å². The first-order chi connectivity index (χ1) is 9.04. The minimum atomic E-state index is -0.370. The topological polar surface area (TPSA) is 33.1 Å². The highest BCUT2D eigenvalue weighted by atomic mass is 35.5. The van der Waals surface area contributed by atoms with Crippen LogP contribution in [0.1, 0.15) is 15.6 Å². The van der Waals surface area contributed by atoms with Gasteiger partial charge in [0.2, 0.25) is 0 Å². The van der Waals surface area contributed by atoms with Gasteiger partial charge in [-0.15, -0.1) is 23.1 Å². The van der Waals surface area contributed by atoms with Crippen LogP contribution in [0.25, 0.3) is 0 Å². The first-order valence-electron chi connectivity index (χ1n) is 6.04. The number of thioether (sulfide) groups is 1. The number of aliphatic hydroxyl groups is 1. The molecule has 0 aliphatic rings. The first-order valence-corrected chi connectivity index (χ1v) is 8.22. The van der Waals surface area contributed by atoms with Gasteiger partial charge in [0, 0.05) is 27.0 Å². The van der Waals surface area contributed by atoms with Gasteiger partial charge in [0.1, 0.15) is 0 Å². The van der Waals surface area contributed by atoms with Crippen LogP contribution in [0.5, 0.6) is 0 Å². The molecule has 2 nitrogen and oxygen atoms in total. The fourth-order valence-corrected chi connectivity index (χ4v) is 3.57. The van der Waals surface area contributed by atoms with E-state index in [0.717, 1.165) is 20.6 Å². The highest BCUT2D eigenvalue weighted by molar-refractivity contribution is 7.99. The van der Waals surface area contributed by atoms with E-state index in [0.29, 0.717) is 12.2 Å². The quantitative estimate of drug-likeness (QED) is 0.843. The Morgan fingerprint density at radius 1 is 1.32 bits per heavy atom. The Hall–Kier alpha value is -0.550. The molecular weight excluding hydrogens is 298 g/mol. The van der Waals surface area contributed by atoms with Crippen molar-refractivity contribution in [1.29, 1.82) is 0 Å². The minimum Gasteiger partial charge on any atom is -0.392 e. The number of aryl methyl sites for hydroxylation is 2. The van der Waals surface area contributed by atoms with E-state index in [1.165, 1.54) is 4.88 Å². The van der Waals surface area contributed by atoms with Crippen molar-refractivity contribution < 1.29 is 5.11 Å². The van der Waals surface area contributed by atoms with Crippen LogP contribution < -0.4 is 0 Å². The molecule has 0 bridgehead atoms. The average Bonchev–Trinajstić information content (AvgIpc) is 2.67. The van der Waals surface area contributed by atoms with Crippen LogP contribution in [0.3, 0.4) is 0 Å². The smallest absolute Gasteiger partial charge is 0.0956 e. The molecule has 0 saturated carbocycles. The molecule has 1 atom stereocenters. The summed E-state index contributed by atoms with van der Waals surface area (Å²) in [5.74, 6) is 0.666. The summed E-state index contributed by atoms with van der Waals surface area (Å²) < 4.78 is 0. The third-order valence-electron chi connectivity index (χ3n) is 2.74. The van der Waals surface area contributed by atoms with Gasteiger partial charge in [0.25, 0.3) is 0 Å². The van der Waals surface area contributed by atoms with Gasteiger partial charge in [0.15, 0.2) is 0 Å². The van der Waals surface area contributed by atoms with Crippen LogP contribution in [0.2, 0.25) is 5.02 Å². The number of rotatable bonds is 5. The van der Waals surface area contributed by atoms with E-state index in [4.69, 9.17) is 11.6 Å². The number of halogens is 1. The summed E-state index contributed by atoms with van der Waals surface area (Å²) in [5, 5.41) is 11.8. The number of hydrogen-bond donors (Lipinski definition) is 1. The molecule has 1 unspecified atom stereocenters. The van der Waals surface area contributed by atoms with Gasteiger partial charge in [-0.2, -0.15) is 0 Å². The van der Waals surface area contributed by atoms with Gasteiger partial charge in [-0.3, -0.25) is 0 Å². The summed E-state index contributed by atoms with van der Waals surface area (Å²) in [6, 6.07) is 7.67. The monoisotopic (exact) mass is 313 g/mol. The van der Waals surface area contributed by atoms with Crippen molar-refractivity contribution in [3.05, 3.63) is 44.9 Å². The number of nitrogens with zero attached hydrogens (tertiary/aromatic N) is 1. The Morgan fingerprint density at radius 2 is 2.00 bits per heavy atom. The number of benzene rings is 1. The Balaban J connectivity index is 1.84. The highest BCUT2D eigenvalue weighted by Gasteiger charge is 2.11. The van der Waals surface area contributed by atoms with Gasteiger partial charge in [-0.25, -0.2) is 4.98 Å². The van der Waals surface area contributed by atoms with Gasteiger partial charge in [-0.1, -0.05) is 11.6 Å². The number of aromatic nitrogens is 1. The Kier molecular flexibility index (Phi) is 5.28. The maximum absolute atomic E-state index is 10.0. The van der Waals surface area contributed by atoms with Crippen LogP contribution in [0.15, 0.2) is 29.2 Å². The summed E-state index contributed by atoms with van der Waals surface area (Å²) in [6.45, 7) is 4.06. The number of hydrogen-bond acceptors (Lipinski definition) is 4. The SMILES string of the molecule is Cc1nc(CC(O)CSc2ccc(Cl)cc2)sc1C. The molecule has 1 aromatic carbocycles. The molecule has 0 saturated heterocycles. The predicted molar refractivity (Wildman–Crippen MR) is 83.5 cm³/mol. The van der Waals surface area contributed by atoms with Crippen molar-refractivity contribution in [2.24, 2.45) is 0 Å². The molecule has 0 aliphatic heterocycles. The third kappa shape index (κ3) is 4.49. The Labute approximate surface area is 126 Å². The summed E-state index contributed by atoms with van der Waals surface area (Å²) >= 11 is 9.14. The van der Waals surface area contributed by atoms with E-state index in [1.54, 1.807) is 23.1 Å². The van der Waals surface area contributed by atoms with Crippen LogP contribution in [-0.2, 0) is 6.42 Å². The van der Waals surface area contributed by atoms with E-state index in [1.807, 2.05) is 31.2 Å². The molecule has 102 valence electrons. The van der Waals surface area contributed by atoms with Crippen molar-refractivity contribution in [3.8, 4) is 0 Å². The molecule has 0 aliphatic carbocycles. The van der Waals surface area contributed by atoms with Crippen LogP contribution >= 0.6 is 34.7 Å². The third-order valence-corrected chi connectivity index (χ3v) is 5.24. The zero-order chi connectivity index (χ0) is 13.8. The van der Waals surface area contributed by atoms with E-state index < -0.39 is 0 Å². The van der Waals surface area contributed by atoms with Crippen molar-refractivity contribution in [2.75, 3.05) is 5.75 Å². The van der Waals surface area contributed by atoms with Crippen LogP contribution in [-0.4, -0.2) is 21.9 Å². The Morgan fingerprint density at radius 3 is 2.58 bits per heavy atom. The summed E-state index contributed by atoms with van der Waals surface area (Å²) in [7, 11) is 0.